The quantitative estimate of drug-likeness (QED) is 0.800. The number of amides is 1. The zero-order valence-electron chi connectivity index (χ0n) is 15.8. The summed E-state index contributed by atoms with van der Waals surface area (Å²) in [7, 11) is 0. The maximum Gasteiger partial charge on any atom is 0.410 e. The molecule has 2 unspecified atom stereocenters. The van der Waals surface area contributed by atoms with Crippen molar-refractivity contribution >= 4 is 6.09 Å². The highest BCUT2D eigenvalue weighted by atomic mass is 19.1. The first-order valence-electron chi connectivity index (χ1n) is 9.02. The zero-order valence-corrected chi connectivity index (χ0v) is 15.8. The van der Waals surface area contributed by atoms with Gasteiger partial charge in [0, 0.05) is 30.9 Å². The van der Waals surface area contributed by atoms with Crippen LogP contribution in [-0.4, -0.2) is 39.5 Å². The molecule has 26 heavy (non-hydrogen) atoms. The third-order valence-electron chi connectivity index (χ3n) is 4.68. The lowest BCUT2D eigenvalue weighted by atomic mass is 9.84. The Balaban J connectivity index is 1.74. The third-order valence-corrected chi connectivity index (χ3v) is 4.68. The Morgan fingerprint density at radius 3 is 2.54 bits per heavy atom. The number of nitrogens with zero attached hydrogens (tertiary/aromatic N) is 3. The Bertz CT molecular complexity index is 764. The highest BCUT2D eigenvalue weighted by Gasteiger charge is 2.33. The summed E-state index contributed by atoms with van der Waals surface area (Å²) in [5.41, 5.74) is 1.44. The molecular formula is C20H26FN3O2. The molecule has 0 bridgehead atoms. The average molecular weight is 359 g/mol. The highest BCUT2D eigenvalue weighted by molar-refractivity contribution is 5.68. The van der Waals surface area contributed by atoms with E-state index in [-0.39, 0.29) is 23.7 Å². The molecule has 1 aliphatic heterocycles. The largest absolute Gasteiger partial charge is 0.444 e. The van der Waals surface area contributed by atoms with Crippen LogP contribution in [0.15, 0.2) is 36.5 Å². The van der Waals surface area contributed by atoms with Crippen LogP contribution in [-0.2, 0) is 4.74 Å². The van der Waals surface area contributed by atoms with Gasteiger partial charge in [-0.15, -0.1) is 0 Å². The van der Waals surface area contributed by atoms with Crippen LogP contribution in [0.4, 0.5) is 9.18 Å². The molecule has 3 rings (SSSR count). The van der Waals surface area contributed by atoms with E-state index in [1.807, 2.05) is 31.5 Å². The third kappa shape index (κ3) is 4.06. The normalized spacial score (nSPS) is 20.9. The number of carbonyl (C=O) groups excluding carboxylic acids is 1. The van der Waals surface area contributed by atoms with Crippen molar-refractivity contribution in [3.05, 3.63) is 48.0 Å². The molecule has 0 radical (unpaired) electrons. The van der Waals surface area contributed by atoms with Gasteiger partial charge >= 0.3 is 6.09 Å². The molecule has 1 fully saturated rings. The van der Waals surface area contributed by atoms with E-state index >= 15 is 0 Å². The van der Waals surface area contributed by atoms with Gasteiger partial charge in [-0.05, 0) is 63.4 Å². The number of hydrogen-bond donors (Lipinski definition) is 0. The number of benzene rings is 1. The lowest BCUT2D eigenvalue weighted by Crippen LogP contribution is -2.44. The predicted octanol–water partition coefficient (Wildman–Crippen LogP) is 4.37. The summed E-state index contributed by atoms with van der Waals surface area (Å²) in [5.74, 6) is 0.287. The number of aromatic nitrogens is 2. The van der Waals surface area contributed by atoms with Crippen molar-refractivity contribution in [2.75, 3.05) is 13.1 Å². The fraction of sp³-hybridized carbons (Fsp3) is 0.500. The van der Waals surface area contributed by atoms with Crippen molar-refractivity contribution in [2.45, 2.75) is 45.6 Å². The van der Waals surface area contributed by atoms with Gasteiger partial charge < -0.3 is 9.64 Å². The molecule has 1 amide bonds. The number of rotatable bonds is 2. The molecule has 0 aliphatic carbocycles. The second-order valence-corrected chi connectivity index (χ2v) is 7.94. The number of likely N-dealkylation sites (tertiary alicyclic amines) is 1. The lowest BCUT2D eigenvalue weighted by Gasteiger charge is -2.37. The summed E-state index contributed by atoms with van der Waals surface area (Å²) in [6, 6.07) is 8.34. The summed E-state index contributed by atoms with van der Waals surface area (Å²) in [5, 5.41) is 4.42. The first-order chi connectivity index (χ1) is 12.2. The minimum atomic E-state index is -0.488. The fourth-order valence-electron chi connectivity index (χ4n) is 3.47. The SMILES string of the molecule is CC1CN(C(=O)OC(C)(C)C)CCC1c1ccnn1-c1ccc(F)cc1. The molecule has 1 aromatic heterocycles. The fourth-order valence-corrected chi connectivity index (χ4v) is 3.47. The molecule has 140 valence electrons. The lowest BCUT2D eigenvalue weighted by molar-refractivity contribution is 0.0153. The molecule has 2 aromatic rings. The first-order valence-corrected chi connectivity index (χ1v) is 9.02. The van der Waals surface area contributed by atoms with Crippen LogP contribution in [0, 0.1) is 11.7 Å². The molecule has 5 nitrogen and oxygen atoms in total. The summed E-state index contributed by atoms with van der Waals surface area (Å²) < 4.78 is 20.6. The number of hydrogen-bond acceptors (Lipinski definition) is 3. The first kappa shape index (κ1) is 18.4. The van der Waals surface area contributed by atoms with Gasteiger partial charge in [0.15, 0.2) is 0 Å². The van der Waals surface area contributed by atoms with E-state index in [1.165, 1.54) is 12.1 Å². The monoisotopic (exact) mass is 359 g/mol. The van der Waals surface area contributed by atoms with Gasteiger partial charge in [0.05, 0.1) is 5.69 Å². The maximum absolute atomic E-state index is 13.2. The second kappa shape index (κ2) is 7.09. The average Bonchev–Trinajstić information content (AvgIpc) is 3.03. The minimum absolute atomic E-state index is 0.255. The van der Waals surface area contributed by atoms with Crippen molar-refractivity contribution in [3.63, 3.8) is 0 Å². The molecule has 0 spiro atoms. The summed E-state index contributed by atoms with van der Waals surface area (Å²) in [4.78, 5) is 14.1. The van der Waals surface area contributed by atoms with Gasteiger partial charge in [0.25, 0.3) is 0 Å². The van der Waals surface area contributed by atoms with Crippen LogP contribution in [0.2, 0.25) is 0 Å². The molecule has 2 atom stereocenters. The molecule has 1 saturated heterocycles. The van der Waals surface area contributed by atoms with Gasteiger partial charge in [0.1, 0.15) is 11.4 Å². The van der Waals surface area contributed by atoms with Gasteiger partial charge in [-0.1, -0.05) is 6.92 Å². The van der Waals surface area contributed by atoms with E-state index in [0.717, 1.165) is 17.8 Å². The van der Waals surface area contributed by atoms with E-state index in [0.29, 0.717) is 13.1 Å². The minimum Gasteiger partial charge on any atom is -0.444 e. The van der Waals surface area contributed by atoms with Crippen LogP contribution in [0.5, 0.6) is 0 Å². The molecule has 6 heteroatoms. The van der Waals surface area contributed by atoms with E-state index < -0.39 is 5.60 Å². The highest BCUT2D eigenvalue weighted by Crippen LogP contribution is 2.34. The van der Waals surface area contributed by atoms with E-state index in [4.69, 9.17) is 4.74 Å². The molecule has 0 N–H and O–H groups in total. The second-order valence-electron chi connectivity index (χ2n) is 7.94. The Morgan fingerprint density at radius 2 is 1.92 bits per heavy atom. The molecule has 1 aromatic carbocycles. The van der Waals surface area contributed by atoms with Crippen molar-refractivity contribution in [2.24, 2.45) is 5.92 Å². The summed E-state index contributed by atoms with van der Waals surface area (Å²) >= 11 is 0. The smallest absolute Gasteiger partial charge is 0.410 e. The van der Waals surface area contributed by atoms with Crippen molar-refractivity contribution in [1.29, 1.82) is 0 Å². The Hall–Kier alpha value is -2.37. The van der Waals surface area contributed by atoms with Gasteiger partial charge in [-0.3, -0.25) is 0 Å². The number of ether oxygens (including phenoxy) is 1. The molecule has 2 heterocycles. The molecule has 1 aliphatic rings. The van der Waals surface area contributed by atoms with Crippen LogP contribution >= 0.6 is 0 Å². The zero-order chi connectivity index (χ0) is 18.9. The van der Waals surface area contributed by atoms with Crippen LogP contribution in [0.25, 0.3) is 5.69 Å². The number of piperidine rings is 1. The number of carbonyl (C=O) groups is 1. The summed E-state index contributed by atoms with van der Waals surface area (Å²) in [6.45, 7) is 9.07. The van der Waals surface area contributed by atoms with Crippen molar-refractivity contribution in [3.8, 4) is 5.69 Å². The maximum atomic E-state index is 13.2. The van der Waals surface area contributed by atoms with E-state index in [2.05, 4.69) is 12.0 Å². The molecular weight excluding hydrogens is 333 g/mol. The number of halogens is 1. The van der Waals surface area contributed by atoms with Crippen LogP contribution in [0.1, 0.15) is 45.7 Å². The van der Waals surface area contributed by atoms with Gasteiger partial charge in [0.2, 0.25) is 0 Å². The Labute approximate surface area is 153 Å². The summed E-state index contributed by atoms with van der Waals surface area (Å²) in [6.07, 6.45) is 2.36. The standard InChI is InChI=1S/C20H26FN3O2/c1-14-13-23(19(25)26-20(2,3)4)12-10-17(14)18-9-11-22-24(18)16-7-5-15(21)6-8-16/h5-9,11,14,17H,10,12-13H2,1-4H3. The predicted molar refractivity (Wildman–Crippen MR) is 97.9 cm³/mol. The van der Waals surface area contributed by atoms with Gasteiger partial charge in [-0.2, -0.15) is 5.10 Å². The Kier molecular flexibility index (Phi) is 5.03. The topological polar surface area (TPSA) is 47.4 Å². The van der Waals surface area contributed by atoms with Crippen LogP contribution in [0.3, 0.4) is 0 Å². The molecule has 0 saturated carbocycles. The van der Waals surface area contributed by atoms with Gasteiger partial charge in [-0.25, -0.2) is 13.9 Å². The van der Waals surface area contributed by atoms with Crippen molar-refractivity contribution < 1.29 is 13.9 Å². The van der Waals surface area contributed by atoms with E-state index in [1.54, 1.807) is 23.2 Å². The Morgan fingerprint density at radius 1 is 1.23 bits per heavy atom. The van der Waals surface area contributed by atoms with Crippen molar-refractivity contribution in [1.82, 2.24) is 14.7 Å². The van der Waals surface area contributed by atoms with E-state index in [9.17, 15) is 9.18 Å². The van der Waals surface area contributed by atoms with Crippen LogP contribution < -0.4 is 0 Å².